The highest BCUT2D eigenvalue weighted by molar-refractivity contribution is 6.30. The maximum Gasteiger partial charge on any atom is 0.195 e. The third-order valence-corrected chi connectivity index (χ3v) is 2.10. The second-order valence-corrected chi connectivity index (χ2v) is 3.66. The largest absolute Gasteiger partial charge is 0.370 e. The standard InChI is InChI=1S/C10H14ClN5/c11-8-3-1-2-7(6-8)4-5-15-10(14)16-9(12)13/h1-3,6H,4-5H2,(H6,12,13,14,15,16). The van der Waals surface area contributed by atoms with E-state index in [9.17, 15) is 0 Å². The van der Waals surface area contributed by atoms with E-state index in [1.165, 1.54) is 0 Å². The highest BCUT2D eigenvalue weighted by Gasteiger charge is 1.97. The summed E-state index contributed by atoms with van der Waals surface area (Å²) in [4.78, 5) is 0. The van der Waals surface area contributed by atoms with Crippen LogP contribution in [0, 0.1) is 10.8 Å². The number of nitrogens with two attached hydrogens (primary N) is 1. The number of benzene rings is 1. The number of hydrogen-bond donors (Lipinski definition) is 5. The Kier molecular flexibility index (Phi) is 4.60. The number of guanidine groups is 2. The number of rotatable bonds is 3. The van der Waals surface area contributed by atoms with E-state index < -0.39 is 0 Å². The molecule has 0 aliphatic heterocycles. The molecule has 6 N–H and O–H groups in total. The van der Waals surface area contributed by atoms with Gasteiger partial charge in [0.05, 0.1) is 0 Å². The van der Waals surface area contributed by atoms with E-state index in [1.807, 2.05) is 24.3 Å². The van der Waals surface area contributed by atoms with E-state index in [2.05, 4.69) is 10.6 Å². The van der Waals surface area contributed by atoms with Crippen LogP contribution in [0.2, 0.25) is 5.02 Å². The van der Waals surface area contributed by atoms with E-state index in [4.69, 9.17) is 28.2 Å². The molecule has 0 saturated heterocycles. The molecule has 86 valence electrons. The summed E-state index contributed by atoms with van der Waals surface area (Å²) in [6.45, 7) is 0.583. The van der Waals surface area contributed by atoms with Crippen LogP contribution in [0.1, 0.15) is 5.56 Å². The first-order valence-corrected chi connectivity index (χ1v) is 5.13. The van der Waals surface area contributed by atoms with Crippen molar-refractivity contribution in [2.24, 2.45) is 5.73 Å². The molecule has 0 aliphatic rings. The first kappa shape index (κ1) is 12.3. The molecular formula is C10H14ClN5. The van der Waals surface area contributed by atoms with Crippen molar-refractivity contribution in [2.45, 2.75) is 6.42 Å². The fourth-order valence-electron chi connectivity index (χ4n) is 1.20. The van der Waals surface area contributed by atoms with Crippen molar-refractivity contribution in [3.8, 4) is 0 Å². The highest BCUT2D eigenvalue weighted by Crippen LogP contribution is 2.10. The Labute approximate surface area is 99.0 Å². The molecule has 16 heavy (non-hydrogen) atoms. The van der Waals surface area contributed by atoms with Crippen molar-refractivity contribution in [3.05, 3.63) is 34.9 Å². The molecular weight excluding hydrogens is 226 g/mol. The number of hydrogen-bond acceptors (Lipinski definition) is 2. The van der Waals surface area contributed by atoms with Gasteiger partial charge in [0.15, 0.2) is 11.9 Å². The number of nitrogens with one attached hydrogen (secondary N) is 4. The Balaban J connectivity index is 2.30. The van der Waals surface area contributed by atoms with Gasteiger partial charge in [-0.15, -0.1) is 0 Å². The van der Waals surface area contributed by atoms with E-state index in [0.29, 0.717) is 11.6 Å². The molecule has 0 saturated carbocycles. The van der Waals surface area contributed by atoms with Crippen molar-refractivity contribution in [2.75, 3.05) is 6.54 Å². The van der Waals surface area contributed by atoms with Crippen LogP contribution < -0.4 is 16.4 Å². The van der Waals surface area contributed by atoms with Crippen LogP contribution >= 0.6 is 11.6 Å². The molecule has 0 atom stereocenters. The van der Waals surface area contributed by atoms with Gasteiger partial charge in [-0.25, -0.2) is 0 Å². The third-order valence-electron chi connectivity index (χ3n) is 1.86. The molecule has 0 aliphatic carbocycles. The van der Waals surface area contributed by atoms with E-state index >= 15 is 0 Å². The van der Waals surface area contributed by atoms with E-state index in [-0.39, 0.29) is 11.9 Å². The van der Waals surface area contributed by atoms with Gasteiger partial charge in [-0.05, 0) is 24.1 Å². The Hall–Kier alpha value is -1.75. The maximum atomic E-state index is 7.36. The molecule has 0 aromatic heterocycles. The second-order valence-electron chi connectivity index (χ2n) is 3.22. The molecule has 0 amide bonds. The van der Waals surface area contributed by atoms with Crippen molar-refractivity contribution in [1.29, 1.82) is 10.8 Å². The van der Waals surface area contributed by atoms with E-state index in [1.54, 1.807) is 0 Å². The molecule has 1 aromatic rings. The summed E-state index contributed by atoms with van der Waals surface area (Å²) in [5.74, 6) is -0.227. The molecule has 0 fully saturated rings. The minimum absolute atomic E-state index is 0.0227. The summed E-state index contributed by atoms with van der Waals surface area (Å²) in [6.07, 6.45) is 0.753. The lowest BCUT2D eigenvalue weighted by atomic mass is 10.1. The van der Waals surface area contributed by atoms with Crippen LogP contribution in [0.25, 0.3) is 0 Å². The predicted molar refractivity (Wildman–Crippen MR) is 65.9 cm³/mol. The molecule has 0 radical (unpaired) electrons. The summed E-state index contributed by atoms with van der Waals surface area (Å²) in [5.41, 5.74) is 6.16. The fraction of sp³-hybridized carbons (Fsp3) is 0.200. The van der Waals surface area contributed by atoms with Crippen LogP contribution in [0.4, 0.5) is 0 Å². The lowest BCUT2D eigenvalue weighted by Gasteiger charge is -2.08. The molecule has 1 aromatic carbocycles. The van der Waals surface area contributed by atoms with Gasteiger partial charge in [0.1, 0.15) is 0 Å². The first-order valence-electron chi connectivity index (χ1n) is 4.76. The maximum absolute atomic E-state index is 7.36. The average molecular weight is 240 g/mol. The second kappa shape index (κ2) is 5.97. The zero-order valence-electron chi connectivity index (χ0n) is 8.68. The topological polar surface area (TPSA) is 97.8 Å². The quantitative estimate of drug-likeness (QED) is 0.400. The van der Waals surface area contributed by atoms with Gasteiger partial charge in [-0.1, -0.05) is 23.7 Å². The van der Waals surface area contributed by atoms with Gasteiger partial charge in [0.25, 0.3) is 0 Å². The molecule has 6 heteroatoms. The van der Waals surface area contributed by atoms with Crippen molar-refractivity contribution in [3.63, 3.8) is 0 Å². The predicted octanol–water partition coefficient (Wildman–Crippen LogP) is 0.890. The Morgan fingerprint density at radius 3 is 2.75 bits per heavy atom. The minimum atomic E-state index is -0.250. The molecule has 0 unspecified atom stereocenters. The molecule has 5 nitrogen and oxygen atoms in total. The first-order chi connectivity index (χ1) is 7.58. The van der Waals surface area contributed by atoms with Gasteiger partial charge < -0.3 is 11.1 Å². The Bertz CT molecular complexity index is 391. The van der Waals surface area contributed by atoms with Gasteiger partial charge in [-0.3, -0.25) is 16.1 Å². The van der Waals surface area contributed by atoms with Crippen molar-refractivity contribution in [1.82, 2.24) is 10.6 Å². The third kappa shape index (κ3) is 4.65. The summed E-state index contributed by atoms with van der Waals surface area (Å²) in [6, 6.07) is 7.55. The van der Waals surface area contributed by atoms with Gasteiger partial charge in [0.2, 0.25) is 0 Å². The Morgan fingerprint density at radius 2 is 2.12 bits per heavy atom. The number of halogens is 1. The SMILES string of the molecule is N=C(N)NC(=N)NCCc1cccc(Cl)c1. The lowest BCUT2D eigenvalue weighted by molar-refractivity contribution is 0.841. The Morgan fingerprint density at radius 1 is 1.38 bits per heavy atom. The summed E-state index contributed by atoms with van der Waals surface area (Å²) in [7, 11) is 0. The molecule has 1 rings (SSSR count). The van der Waals surface area contributed by atoms with Crippen LogP contribution in [-0.4, -0.2) is 18.5 Å². The van der Waals surface area contributed by atoms with Crippen molar-refractivity contribution < 1.29 is 0 Å². The lowest BCUT2D eigenvalue weighted by Crippen LogP contribution is -2.43. The van der Waals surface area contributed by atoms with Gasteiger partial charge >= 0.3 is 0 Å². The normalized spacial score (nSPS) is 9.56. The molecule has 0 bridgehead atoms. The van der Waals surface area contributed by atoms with E-state index in [0.717, 1.165) is 12.0 Å². The average Bonchev–Trinajstić information content (AvgIpc) is 2.16. The molecule has 0 heterocycles. The monoisotopic (exact) mass is 239 g/mol. The van der Waals surface area contributed by atoms with Gasteiger partial charge in [-0.2, -0.15) is 0 Å². The summed E-state index contributed by atoms with van der Waals surface area (Å²) in [5, 5.41) is 20.1. The van der Waals surface area contributed by atoms with Crippen LogP contribution in [0.5, 0.6) is 0 Å². The zero-order valence-corrected chi connectivity index (χ0v) is 9.43. The summed E-state index contributed by atoms with van der Waals surface area (Å²) >= 11 is 5.84. The smallest absolute Gasteiger partial charge is 0.195 e. The van der Waals surface area contributed by atoms with Crippen molar-refractivity contribution >= 4 is 23.5 Å². The minimum Gasteiger partial charge on any atom is -0.370 e. The highest BCUT2D eigenvalue weighted by atomic mass is 35.5. The van der Waals surface area contributed by atoms with Crippen LogP contribution in [-0.2, 0) is 6.42 Å². The fourth-order valence-corrected chi connectivity index (χ4v) is 1.42. The molecule has 0 spiro atoms. The van der Waals surface area contributed by atoms with Gasteiger partial charge in [0, 0.05) is 11.6 Å². The van der Waals surface area contributed by atoms with Crippen LogP contribution in [0.3, 0.4) is 0 Å². The van der Waals surface area contributed by atoms with Crippen LogP contribution in [0.15, 0.2) is 24.3 Å². The zero-order chi connectivity index (χ0) is 12.0. The summed E-state index contributed by atoms with van der Waals surface area (Å²) < 4.78 is 0.